The minimum Gasteiger partial charge on any atom is -0.489 e. The molecule has 12 heavy (non-hydrogen) atoms. The number of carbonyl (C=O) groups excluding carboxylic acids is 1. The van der Waals surface area contributed by atoms with Crippen molar-refractivity contribution in [1.29, 1.82) is 0 Å². The Labute approximate surface area is 71.5 Å². The van der Waals surface area contributed by atoms with E-state index < -0.39 is 0 Å². The van der Waals surface area contributed by atoms with E-state index in [-0.39, 0.29) is 0 Å². The van der Waals surface area contributed by atoms with Gasteiger partial charge in [-0.15, -0.1) is 0 Å². The fourth-order valence-corrected chi connectivity index (χ4v) is 0.734. The molecule has 0 unspecified atom stereocenters. The summed E-state index contributed by atoms with van der Waals surface area (Å²) in [7, 11) is 0. The van der Waals surface area contributed by atoms with Crippen LogP contribution in [0.2, 0.25) is 0 Å². The van der Waals surface area contributed by atoms with Crippen LogP contribution in [0.4, 0.5) is 0 Å². The zero-order valence-corrected chi connectivity index (χ0v) is 6.62. The van der Waals surface area contributed by atoms with Crippen LogP contribution < -0.4 is 4.74 Å². The van der Waals surface area contributed by atoms with Gasteiger partial charge in [0.2, 0.25) is 0 Å². The van der Waals surface area contributed by atoms with Gasteiger partial charge in [0.05, 0.1) is 0 Å². The van der Waals surface area contributed by atoms with Gasteiger partial charge < -0.3 is 4.74 Å². The monoisotopic (exact) mass is 161 g/mol. The molecule has 1 radical (unpaired) electrons. The molecule has 0 aliphatic rings. The van der Waals surface area contributed by atoms with E-state index in [1.165, 1.54) is 0 Å². The molecule has 0 aliphatic carbocycles. The highest BCUT2D eigenvalue weighted by atomic mass is 16.5. The first-order valence-corrected chi connectivity index (χ1v) is 3.57. The largest absolute Gasteiger partial charge is 0.489 e. The number of rotatable bonds is 4. The highest BCUT2D eigenvalue weighted by molar-refractivity contribution is 5.74. The second-order valence-corrected chi connectivity index (χ2v) is 2.20. The smallest absolute Gasteiger partial charge is 0.150 e. The lowest BCUT2D eigenvalue weighted by atomic mass is 10.2. The molecule has 2 heteroatoms. The van der Waals surface area contributed by atoms with Crippen LogP contribution in [0.1, 0.15) is 10.4 Å². The van der Waals surface area contributed by atoms with Crippen molar-refractivity contribution >= 4 is 6.29 Å². The molecule has 0 bridgehead atoms. The lowest BCUT2D eigenvalue weighted by Crippen LogP contribution is -1.92. The number of benzene rings is 1. The Kier molecular flexibility index (Phi) is 3.08. The van der Waals surface area contributed by atoms with Crippen molar-refractivity contribution in [2.45, 2.75) is 0 Å². The lowest BCUT2D eigenvalue weighted by Gasteiger charge is -2.00. The minimum atomic E-state index is 0.455. The first kappa shape index (κ1) is 8.53. The molecule has 0 fully saturated rings. The van der Waals surface area contributed by atoms with Crippen LogP contribution in [0.15, 0.2) is 30.9 Å². The van der Waals surface area contributed by atoms with Gasteiger partial charge in [0.15, 0.2) is 0 Å². The Bertz CT molecular complexity index is 262. The van der Waals surface area contributed by atoms with Crippen molar-refractivity contribution in [2.24, 2.45) is 0 Å². The summed E-state index contributed by atoms with van der Waals surface area (Å²) in [5, 5.41) is 0. The molecule has 61 valence electrons. The summed E-state index contributed by atoms with van der Waals surface area (Å²) < 4.78 is 5.17. The second kappa shape index (κ2) is 4.34. The van der Waals surface area contributed by atoms with Gasteiger partial charge in [-0.2, -0.15) is 0 Å². The fraction of sp³-hybridized carbons (Fsp3) is 0.100. The first-order valence-electron chi connectivity index (χ1n) is 3.57. The average molecular weight is 161 g/mol. The predicted molar refractivity (Wildman–Crippen MR) is 46.4 cm³/mol. The summed E-state index contributed by atoms with van der Waals surface area (Å²) in [4.78, 5) is 10.3. The lowest BCUT2D eigenvalue weighted by molar-refractivity contribution is 0.112. The van der Waals surface area contributed by atoms with Crippen LogP contribution in [0.5, 0.6) is 5.75 Å². The summed E-state index contributed by atoms with van der Waals surface area (Å²) in [6.45, 7) is 3.97. The Balaban J connectivity index is 2.64. The molecule has 1 aromatic carbocycles. The Morgan fingerprint density at radius 1 is 1.58 bits per heavy atom. The van der Waals surface area contributed by atoms with Crippen LogP contribution in [0, 0.1) is 6.07 Å². The number of aldehydes is 1. The van der Waals surface area contributed by atoms with Crippen molar-refractivity contribution < 1.29 is 9.53 Å². The molecular weight excluding hydrogens is 152 g/mol. The van der Waals surface area contributed by atoms with E-state index in [1.807, 2.05) is 0 Å². The summed E-state index contributed by atoms with van der Waals surface area (Å²) in [6, 6.07) is 7.79. The number of hydrogen-bond donors (Lipinski definition) is 0. The van der Waals surface area contributed by atoms with E-state index in [0.717, 1.165) is 6.29 Å². The van der Waals surface area contributed by atoms with E-state index in [9.17, 15) is 4.79 Å². The summed E-state index contributed by atoms with van der Waals surface area (Å²) in [5.41, 5.74) is 0.598. The molecule has 0 saturated heterocycles. The van der Waals surface area contributed by atoms with Gasteiger partial charge in [0.1, 0.15) is 18.6 Å². The zero-order valence-electron chi connectivity index (χ0n) is 6.62. The van der Waals surface area contributed by atoms with Crippen molar-refractivity contribution in [1.82, 2.24) is 0 Å². The third-order valence-corrected chi connectivity index (χ3v) is 1.30. The zero-order chi connectivity index (χ0) is 8.81. The number of carbonyl (C=O) groups is 1. The van der Waals surface area contributed by atoms with Crippen LogP contribution in [-0.2, 0) is 0 Å². The van der Waals surface area contributed by atoms with Crippen molar-refractivity contribution in [3.8, 4) is 5.75 Å². The molecule has 0 aromatic heterocycles. The normalized spacial score (nSPS) is 9.00. The SMILES string of the molecule is C=CCOc1[c]cc(C=O)cc1. The van der Waals surface area contributed by atoms with Gasteiger partial charge in [-0.3, -0.25) is 4.79 Å². The number of ether oxygens (including phenoxy) is 1. The van der Waals surface area contributed by atoms with Crippen molar-refractivity contribution in [3.05, 3.63) is 42.5 Å². The van der Waals surface area contributed by atoms with E-state index in [4.69, 9.17) is 4.74 Å². The molecule has 1 rings (SSSR count). The molecule has 1 aromatic rings. The highest BCUT2D eigenvalue weighted by Crippen LogP contribution is 2.09. The van der Waals surface area contributed by atoms with Crippen molar-refractivity contribution in [2.75, 3.05) is 6.61 Å². The van der Waals surface area contributed by atoms with Gasteiger partial charge in [0.25, 0.3) is 0 Å². The van der Waals surface area contributed by atoms with Crippen LogP contribution >= 0.6 is 0 Å². The minimum absolute atomic E-state index is 0.455. The molecule has 0 spiro atoms. The summed E-state index contributed by atoms with van der Waals surface area (Å²) in [6.07, 6.45) is 2.43. The third kappa shape index (κ3) is 2.23. The third-order valence-electron chi connectivity index (χ3n) is 1.30. The van der Waals surface area contributed by atoms with Crippen LogP contribution in [0.25, 0.3) is 0 Å². The predicted octanol–water partition coefficient (Wildman–Crippen LogP) is 1.86. The maximum absolute atomic E-state index is 10.3. The molecule has 0 heterocycles. The molecule has 0 aliphatic heterocycles. The highest BCUT2D eigenvalue weighted by Gasteiger charge is 1.92. The average Bonchev–Trinajstić information content (AvgIpc) is 2.15. The maximum atomic E-state index is 10.3. The summed E-state index contributed by atoms with van der Waals surface area (Å²) >= 11 is 0. The molecule has 0 saturated carbocycles. The molecule has 0 N–H and O–H groups in total. The Morgan fingerprint density at radius 3 is 2.92 bits per heavy atom. The Hall–Kier alpha value is -1.57. The van der Waals surface area contributed by atoms with E-state index in [0.29, 0.717) is 17.9 Å². The van der Waals surface area contributed by atoms with Crippen LogP contribution in [-0.4, -0.2) is 12.9 Å². The topological polar surface area (TPSA) is 26.3 Å². The van der Waals surface area contributed by atoms with E-state index in [2.05, 4.69) is 12.6 Å². The van der Waals surface area contributed by atoms with Gasteiger partial charge in [0, 0.05) is 11.6 Å². The first-order chi connectivity index (χ1) is 5.86. The van der Waals surface area contributed by atoms with Crippen molar-refractivity contribution in [3.63, 3.8) is 0 Å². The molecule has 0 atom stereocenters. The van der Waals surface area contributed by atoms with Crippen LogP contribution in [0.3, 0.4) is 0 Å². The van der Waals surface area contributed by atoms with E-state index >= 15 is 0 Å². The summed E-state index contributed by atoms with van der Waals surface area (Å²) in [5.74, 6) is 0.625. The van der Waals surface area contributed by atoms with Gasteiger partial charge in [-0.1, -0.05) is 12.7 Å². The quantitative estimate of drug-likeness (QED) is 0.497. The van der Waals surface area contributed by atoms with Gasteiger partial charge >= 0.3 is 0 Å². The number of hydrogen-bond acceptors (Lipinski definition) is 2. The maximum Gasteiger partial charge on any atom is 0.150 e. The molecular formula is C10H9O2. The Morgan fingerprint density at radius 2 is 2.42 bits per heavy atom. The molecule has 2 nitrogen and oxygen atoms in total. The standard InChI is InChI=1S/C10H9O2/c1-2-7-12-10-5-3-9(8-11)4-6-10/h2-5,8H,1,7H2. The fourth-order valence-electron chi connectivity index (χ4n) is 0.734. The second-order valence-electron chi connectivity index (χ2n) is 2.20. The van der Waals surface area contributed by atoms with Gasteiger partial charge in [-0.25, -0.2) is 0 Å². The van der Waals surface area contributed by atoms with Gasteiger partial charge in [-0.05, 0) is 18.2 Å². The molecule has 0 amide bonds. The van der Waals surface area contributed by atoms with E-state index in [1.54, 1.807) is 24.3 Å².